The van der Waals surface area contributed by atoms with Gasteiger partial charge in [-0.05, 0) is 23.1 Å². The second kappa shape index (κ2) is 10.1. The predicted molar refractivity (Wildman–Crippen MR) is 124 cm³/mol. The van der Waals surface area contributed by atoms with E-state index in [2.05, 4.69) is 97.9 Å². The molecule has 27 heavy (non-hydrogen) atoms. The number of thiol groups is 1. The summed E-state index contributed by atoms with van der Waals surface area (Å²) in [7, 11) is 0. The molecule has 0 aliphatic rings. The molecule has 3 aromatic rings. The quantitative estimate of drug-likeness (QED) is 0.170. The van der Waals surface area contributed by atoms with Gasteiger partial charge in [0.1, 0.15) is 0 Å². The van der Waals surface area contributed by atoms with Gasteiger partial charge < -0.3 is 0 Å². The van der Waals surface area contributed by atoms with Gasteiger partial charge in [-0.2, -0.15) is 12.6 Å². The lowest BCUT2D eigenvalue weighted by molar-refractivity contribution is 0.695. The third-order valence-corrected chi connectivity index (χ3v) is 7.05. The van der Waals surface area contributed by atoms with Crippen LogP contribution in [0.4, 0.5) is 0 Å². The van der Waals surface area contributed by atoms with Crippen molar-refractivity contribution in [3.63, 3.8) is 0 Å². The Bertz CT molecular complexity index is 688. The number of unbranched alkanes of at least 4 members (excludes halogenated alkanes) is 2. The van der Waals surface area contributed by atoms with Gasteiger partial charge in [0, 0.05) is 4.58 Å². The maximum atomic E-state index is 5.01. The molecule has 0 radical (unpaired) electrons. The summed E-state index contributed by atoms with van der Waals surface area (Å²) in [5, 5.41) is 0. The molecule has 0 spiro atoms. The number of thioether (sulfide) groups is 1. The fourth-order valence-corrected chi connectivity index (χ4v) is 5.72. The fraction of sp³-hybridized carbons (Fsp3) is 0.280. The summed E-state index contributed by atoms with van der Waals surface area (Å²) < 4.78 is 0.0137. The molecule has 1 unspecified atom stereocenters. The molecule has 2 heteroatoms. The van der Waals surface area contributed by atoms with Crippen molar-refractivity contribution >= 4 is 24.4 Å². The second-order valence-electron chi connectivity index (χ2n) is 6.85. The maximum Gasteiger partial charge on any atom is 0.0917 e. The SMILES string of the molecule is CCCCCC(S)SC(c1ccccc1)(c1ccccc1)c1ccccc1. The Kier molecular flexibility index (Phi) is 7.49. The summed E-state index contributed by atoms with van der Waals surface area (Å²) >= 11 is 6.98. The van der Waals surface area contributed by atoms with Crippen LogP contribution in [0, 0.1) is 0 Å². The van der Waals surface area contributed by atoms with E-state index in [9.17, 15) is 0 Å². The van der Waals surface area contributed by atoms with Crippen LogP contribution in [0.25, 0.3) is 0 Å². The van der Waals surface area contributed by atoms with E-state index in [0.717, 1.165) is 6.42 Å². The molecule has 1 atom stereocenters. The van der Waals surface area contributed by atoms with Gasteiger partial charge in [0.2, 0.25) is 0 Å². The van der Waals surface area contributed by atoms with E-state index in [0.29, 0.717) is 0 Å². The molecule has 0 N–H and O–H groups in total. The lowest BCUT2D eigenvalue weighted by Crippen LogP contribution is -2.27. The number of hydrogen-bond acceptors (Lipinski definition) is 2. The normalized spacial score (nSPS) is 12.7. The Morgan fingerprint density at radius 3 is 1.48 bits per heavy atom. The summed E-state index contributed by atoms with van der Waals surface area (Å²) in [5.41, 5.74) is 3.92. The maximum absolute atomic E-state index is 5.01. The molecule has 0 aliphatic carbocycles. The summed E-state index contributed by atoms with van der Waals surface area (Å²) in [4.78, 5) is 0. The van der Waals surface area contributed by atoms with Gasteiger partial charge in [0.05, 0.1) is 4.75 Å². The zero-order valence-corrected chi connectivity index (χ0v) is 17.6. The van der Waals surface area contributed by atoms with Crippen molar-refractivity contribution < 1.29 is 0 Å². The predicted octanol–water partition coefficient (Wildman–Crippen LogP) is 7.55. The minimum Gasteiger partial charge on any atom is -0.165 e. The van der Waals surface area contributed by atoms with E-state index in [-0.39, 0.29) is 9.33 Å². The lowest BCUT2D eigenvalue weighted by atomic mass is 9.84. The molecule has 0 saturated carbocycles. The van der Waals surface area contributed by atoms with Gasteiger partial charge in [-0.25, -0.2) is 0 Å². The van der Waals surface area contributed by atoms with Crippen LogP contribution in [0.5, 0.6) is 0 Å². The largest absolute Gasteiger partial charge is 0.165 e. The van der Waals surface area contributed by atoms with Gasteiger partial charge in [0.25, 0.3) is 0 Å². The van der Waals surface area contributed by atoms with Crippen molar-refractivity contribution in [3.05, 3.63) is 108 Å². The Labute approximate surface area is 173 Å². The molecule has 3 aromatic carbocycles. The molecule has 3 rings (SSSR count). The molecule has 0 amide bonds. The summed E-state index contributed by atoms with van der Waals surface area (Å²) in [6.07, 6.45) is 4.86. The third-order valence-electron chi connectivity index (χ3n) is 4.91. The van der Waals surface area contributed by atoms with Gasteiger partial charge in [-0.1, -0.05) is 117 Å². The van der Waals surface area contributed by atoms with E-state index in [1.807, 2.05) is 11.8 Å². The molecule has 140 valence electrons. The van der Waals surface area contributed by atoms with Crippen molar-refractivity contribution in [3.8, 4) is 0 Å². The van der Waals surface area contributed by atoms with Crippen LogP contribution in [0.2, 0.25) is 0 Å². The standard InChI is InChI=1S/C25H28S2/c1-2-3-7-20-24(26)27-25(21-14-8-4-9-15-21,22-16-10-5-11-17-22)23-18-12-6-13-19-23/h4-6,8-19,24,26H,2-3,7,20H2,1H3. The first-order valence-electron chi connectivity index (χ1n) is 9.80. The van der Waals surface area contributed by atoms with Gasteiger partial charge >= 0.3 is 0 Å². The van der Waals surface area contributed by atoms with Crippen molar-refractivity contribution in [1.29, 1.82) is 0 Å². The molecule has 0 heterocycles. The Morgan fingerprint density at radius 2 is 1.11 bits per heavy atom. The minimum atomic E-state index is -0.261. The van der Waals surface area contributed by atoms with Gasteiger partial charge in [-0.15, -0.1) is 11.8 Å². The highest BCUT2D eigenvalue weighted by molar-refractivity contribution is 8.11. The topological polar surface area (TPSA) is 0 Å². The van der Waals surface area contributed by atoms with Gasteiger partial charge in [0.15, 0.2) is 0 Å². The van der Waals surface area contributed by atoms with Crippen LogP contribution in [0.15, 0.2) is 91.0 Å². The zero-order chi connectivity index (χ0) is 19.0. The van der Waals surface area contributed by atoms with Gasteiger partial charge in [-0.3, -0.25) is 0 Å². The molecular weight excluding hydrogens is 364 g/mol. The van der Waals surface area contributed by atoms with Crippen LogP contribution >= 0.6 is 24.4 Å². The number of hydrogen-bond donors (Lipinski definition) is 1. The number of benzene rings is 3. The highest BCUT2D eigenvalue weighted by Crippen LogP contribution is 2.51. The van der Waals surface area contributed by atoms with Crippen LogP contribution in [-0.4, -0.2) is 4.58 Å². The average molecular weight is 393 g/mol. The zero-order valence-electron chi connectivity index (χ0n) is 15.9. The first-order chi connectivity index (χ1) is 13.3. The Morgan fingerprint density at radius 1 is 0.704 bits per heavy atom. The summed E-state index contributed by atoms with van der Waals surface area (Å²) in [5.74, 6) is 0. The third kappa shape index (κ3) is 4.80. The first-order valence-corrected chi connectivity index (χ1v) is 11.2. The van der Waals surface area contributed by atoms with E-state index in [1.165, 1.54) is 36.0 Å². The minimum absolute atomic E-state index is 0.261. The van der Waals surface area contributed by atoms with Crippen LogP contribution in [0.1, 0.15) is 49.3 Å². The van der Waals surface area contributed by atoms with E-state index < -0.39 is 0 Å². The molecule has 0 saturated heterocycles. The molecule has 0 aliphatic heterocycles. The average Bonchev–Trinajstić information content (AvgIpc) is 2.74. The fourth-order valence-electron chi connectivity index (χ4n) is 3.55. The van der Waals surface area contributed by atoms with Crippen molar-refractivity contribution in [2.75, 3.05) is 0 Å². The lowest BCUT2D eigenvalue weighted by Gasteiger charge is -2.37. The molecule has 0 aromatic heterocycles. The molecule has 0 nitrogen and oxygen atoms in total. The first kappa shape index (κ1) is 20.1. The Hall–Kier alpha value is -1.64. The highest BCUT2D eigenvalue weighted by atomic mass is 32.2. The van der Waals surface area contributed by atoms with Crippen molar-refractivity contribution in [2.24, 2.45) is 0 Å². The highest BCUT2D eigenvalue weighted by Gasteiger charge is 2.38. The summed E-state index contributed by atoms with van der Waals surface area (Å²) in [6, 6.07) is 32.6. The second-order valence-corrected chi connectivity index (χ2v) is 9.24. The smallest absolute Gasteiger partial charge is 0.0917 e. The van der Waals surface area contributed by atoms with Crippen molar-refractivity contribution in [2.45, 2.75) is 41.9 Å². The monoisotopic (exact) mass is 392 g/mol. The number of rotatable bonds is 9. The van der Waals surface area contributed by atoms with E-state index in [1.54, 1.807) is 0 Å². The Balaban J connectivity index is 2.11. The van der Waals surface area contributed by atoms with Crippen molar-refractivity contribution in [1.82, 2.24) is 0 Å². The molecule has 0 fully saturated rings. The van der Waals surface area contributed by atoms with Crippen LogP contribution < -0.4 is 0 Å². The van der Waals surface area contributed by atoms with Crippen LogP contribution in [-0.2, 0) is 4.75 Å². The van der Waals surface area contributed by atoms with E-state index >= 15 is 0 Å². The van der Waals surface area contributed by atoms with Crippen LogP contribution in [0.3, 0.4) is 0 Å². The molecular formula is C25H28S2. The summed E-state index contributed by atoms with van der Waals surface area (Å²) in [6.45, 7) is 2.25. The molecule has 0 bridgehead atoms. The van der Waals surface area contributed by atoms with E-state index in [4.69, 9.17) is 12.6 Å².